The van der Waals surface area contributed by atoms with Crippen LogP contribution < -0.4 is 10.1 Å². The van der Waals surface area contributed by atoms with Crippen molar-refractivity contribution in [2.24, 2.45) is 0 Å². The number of esters is 3. The maximum atomic E-state index is 13.2. The largest absolute Gasteiger partial charge is 0.472 e. The van der Waals surface area contributed by atoms with Crippen LogP contribution in [0.1, 0.15) is 98.2 Å². The maximum Gasteiger partial charge on any atom is 0.303 e. The number of aromatic nitrogens is 4. The van der Waals surface area contributed by atoms with Crippen molar-refractivity contribution in [1.82, 2.24) is 19.5 Å². The molecule has 1 N–H and O–H groups in total. The molecule has 0 spiro atoms. The summed E-state index contributed by atoms with van der Waals surface area (Å²) in [6.07, 6.45) is -1.09. The molecule has 3 heterocycles. The van der Waals surface area contributed by atoms with Crippen LogP contribution in [-0.4, -0.2) is 91.7 Å². The molecule has 1 aliphatic heterocycles. The Kier molecular flexibility index (Phi) is 13.1. The van der Waals surface area contributed by atoms with E-state index in [1.807, 2.05) is 34.9 Å². The molecule has 7 atom stereocenters. The molecule has 0 bridgehead atoms. The van der Waals surface area contributed by atoms with Crippen LogP contribution in [0.4, 0.5) is 5.95 Å². The van der Waals surface area contributed by atoms with Crippen LogP contribution in [-0.2, 0) is 42.2 Å². The highest BCUT2D eigenvalue weighted by Gasteiger charge is 2.51. The van der Waals surface area contributed by atoms with Gasteiger partial charge in [0.25, 0.3) is 0 Å². The number of hydrogen-bond donors (Lipinski definition) is 1. The van der Waals surface area contributed by atoms with Gasteiger partial charge in [-0.1, -0.05) is 96.7 Å². The fourth-order valence-electron chi connectivity index (χ4n) is 9.00. The number of anilines is 1. The lowest BCUT2D eigenvalue weighted by atomic mass is 9.77. The standard InChI is InChI=1S/C51H65N5O10Si2/c1-15-23-60-48-43-47(56(27-52-43)38-25-36(66-68(13,14)51(8,9)10)37(65-38)26-61-67(11,12)50(5,6)7)54-49(55-48)53-42-41-34-22-21-32-18-16-17-31-19-20-33(40(34)39(31)32)24-35(41)44(62-28(2)57)46(64-30(4)59)45(42)63-29(3)58/h15-22,24,27,36-38,42,44-46H,1,23,25-26H2,2-14H3,(H,53,54,55)/t36-,37+,38+,42+,44+,45+,46-/m0/s1. The van der Waals surface area contributed by atoms with Crippen molar-refractivity contribution in [2.45, 2.75) is 148 Å². The van der Waals surface area contributed by atoms with Crippen LogP contribution in [0, 0.1) is 0 Å². The molecule has 1 fully saturated rings. The lowest BCUT2D eigenvalue weighted by Crippen LogP contribution is -2.50. The number of carbonyl (C=O) groups is 3. The van der Waals surface area contributed by atoms with Crippen LogP contribution in [0.15, 0.2) is 67.5 Å². The van der Waals surface area contributed by atoms with Gasteiger partial charge in [-0.25, -0.2) is 4.98 Å². The van der Waals surface area contributed by atoms with E-state index in [0.717, 1.165) is 32.3 Å². The molecule has 15 nitrogen and oxygen atoms in total. The van der Waals surface area contributed by atoms with E-state index in [1.54, 1.807) is 12.4 Å². The van der Waals surface area contributed by atoms with Crippen molar-refractivity contribution in [3.8, 4) is 5.88 Å². The first-order valence-corrected chi connectivity index (χ1v) is 29.1. The summed E-state index contributed by atoms with van der Waals surface area (Å²) in [7, 11) is -4.44. The summed E-state index contributed by atoms with van der Waals surface area (Å²) in [6.45, 7) is 30.5. The van der Waals surface area contributed by atoms with Crippen LogP contribution in [0.3, 0.4) is 0 Å². The Labute approximate surface area is 399 Å². The summed E-state index contributed by atoms with van der Waals surface area (Å²) < 4.78 is 47.1. The van der Waals surface area contributed by atoms with E-state index in [-0.39, 0.29) is 40.7 Å². The SMILES string of the molecule is C=CCOc1nc(N[C@@H]2c3c(cc4ccc5cccc6ccc3c4c56)[C@@H](OC(C)=O)[C@H](OC(C)=O)[C@@H]2OC(C)=O)nc2c1ncn2[C@H]1C[C@H](O[Si](C)(C)C(C)(C)C)[C@@H](CO[Si](C)(C)C(C)(C)C)O1. The molecule has 2 aromatic heterocycles. The minimum Gasteiger partial charge on any atom is -0.472 e. The Morgan fingerprint density at radius 2 is 1.47 bits per heavy atom. The van der Waals surface area contributed by atoms with Crippen LogP contribution in [0.25, 0.3) is 43.5 Å². The molecule has 4 aromatic carbocycles. The Morgan fingerprint density at radius 3 is 2.10 bits per heavy atom. The first-order chi connectivity index (χ1) is 31.9. The molecular weight excluding hydrogens is 899 g/mol. The van der Waals surface area contributed by atoms with Crippen molar-refractivity contribution < 1.29 is 46.9 Å². The zero-order valence-corrected chi connectivity index (χ0v) is 43.5. The maximum absolute atomic E-state index is 13.2. The van der Waals surface area contributed by atoms with E-state index in [1.165, 1.54) is 20.8 Å². The predicted molar refractivity (Wildman–Crippen MR) is 267 cm³/mol. The molecule has 8 rings (SSSR count). The zero-order valence-electron chi connectivity index (χ0n) is 41.5. The van der Waals surface area contributed by atoms with Crippen molar-refractivity contribution in [3.05, 3.63) is 78.6 Å². The molecule has 68 heavy (non-hydrogen) atoms. The third kappa shape index (κ3) is 9.22. The third-order valence-corrected chi connectivity index (χ3v) is 23.4. The van der Waals surface area contributed by atoms with Crippen LogP contribution >= 0.6 is 0 Å². The minimum absolute atomic E-state index is 0.00572. The monoisotopic (exact) mass is 963 g/mol. The van der Waals surface area contributed by atoms with E-state index in [2.05, 4.69) is 97.8 Å². The second-order valence-corrected chi connectivity index (χ2v) is 30.7. The van der Waals surface area contributed by atoms with Crippen LogP contribution in [0.5, 0.6) is 5.88 Å². The molecule has 6 aromatic rings. The normalized spacial score (nSPS) is 22.4. The highest BCUT2D eigenvalue weighted by molar-refractivity contribution is 6.74. The molecule has 17 heteroatoms. The molecule has 2 aliphatic rings. The molecule has 0 saturated carbocycles. The minimum atomic E-state index is -2.28. The highest BCUT2D eigenvalue weighted by atomic mass is 28.4. The molecule has 0 unspecified atom stereocenters. The van der Waals surface area contributed by atoms with Gasteiger partial charge in [-0.05, 0) is 80.2 Å². The Morgan fingerprint density at radius 1 is 0.838 bits per heavy atom. The number of rotatable bonds is 14. The summed E-state index contributed by atoms with van der Waals surface area (Å²) >= 11 is 0. The molecule has 0 amide bonds. The smallest absolute Gasteiger partial charge is 0.303 e. The summed E-state index contributed by atoms with van der Waals surface area (Å²) in [4.78, 5) is 53.8. The quantitative estimate of drug-likeness (QED) is 0.0359. The van der Waals surface area contributed by atoms with Crippen molar-refractivity contribution in [3.63, 3.8) is 0 Å². The Bertz CT molecular complexity index is 2890. The molecule has 362 valence electrons. The Hall–Kier alpha value is -5.47. The van der Waals surface area contributed by atoms with E-state index in [0.29, 0.717) is 35.3 Å². The summed E-state index contributed by atoms with van der Waals surface area (Å²) in [6, 6.07) is 15.3. The van der Waals surface area contributed by atoms with Gasteiger partial charge in [0.05, 0.1) is 25.1 Å². The fraction of sp³-hybridized carbons (Fsp3) is 0.490. The number of ether oxygens (including phenoxy) is 5. The number of imidazole rings is 1. The van der Waals surface area contributed by atoms with Gasteiger partial charge < -0.3 is 37.9 Å². The second kappa shape index (κ2) is 18.1. The highest BCUT2D eigenvalue weighted by Crippen LogP contribution is 2.50. The average molecular weight is 964 g/mol. The molecule has 1 saturated heterocycles. The number of hydrogen-bond acceptors (Lipinski definition) is 14. The fourth-order valence-corrected chi connectivity index (χ4v) is 11.4. The van der Waals surface area contributed by atoms with Gasteiger partial charge in [-0.15, -0.1) is 0 Å². The second-order valence-electron chi connectivity index (χ2n) is 21.2. The number of benzene rings is 4. The first-order valence-electron chi connectivity index (χ1n) is 23.3. The Balaban J connectivity index is 1.29. The summed E-state index contributed by atoms with van der Waals surface area (Å²) in [5, 5.41) is 9.24. The molecule has 0 radical (unpaired) electrons. The van der Waals surface area contributed by atoms with Gasteiger partial charge in [-0.2, -0.15) is 9.97 Å². The number of nitrogens with one attached hydrogen (secondary N) is 1. The van der Waals surface area contributed by atoms with E-state index in [4.69, 9.17) is 47.5 Å². The summed E-state index contributed by atoms with van der Waals surface area (Å²) in [5.74, 6) is -1.65. The third-order valence-electron chi connectivity index (χ3n) is 14.4. The van der Waals surface area contributed by atoms with Gasteiger partial charge in [0.2, 0.25) is 11.8 Å². The van der Waals surface area contributed by atoms with E-state index >= 15 is 0 Å². The molecular formula is C51H65N5O10Si2. The van der Waals surface area contributed by atoms with Gasteiger partial charge in [0.1, 0.15) is 18.9 Å². The first kappa shape index (κ1) is 49.0. The lowest BCUT2D eigenvalue weighted by Gasteiger charge is -2.43. The predicted octanol–water partition coefficient (Wildman–Crippen LogP) is 10.6. The topological polar surface area (TPSA) is 171 Å². The average Bonchev–Trinajstić information content (AvgIpc) is 3.85. The summed E-state index contributed by atoms with van der Waals surface area (Å²) in [5.41, 5.74) is 2.01. The van der Waals surface area contributed by atoms with Crippen molar-refractivity contribution in [2.75, 3.05) is 18.5 Å². The van der Waals surface area contributed by atoms with Crippen molar-refractivity contribution in [1.29, 1.82) is 0 Å². The van der Waals surface area contributed by atoms with Crippen molar-refractivity contribution >= 4 is 84.0 Å². The van der Waals surface area contributed by atoms with Gasteiger partial charge in [-0.3, -0.25) is 19.0 Å². The van der Waals surface area contributed by atoms with Gasteiger partial charge in [0.15, 0.2) is 46.1 Å². The number of carbonyl (C=O) groups excluding carboxylic acids is 3. The van der Waals surface area contributed by atoms with E-state index in [9.17, 15) is 14.4 Å². The zero-order chi connectivity index (χ0) is 49.2. The van der Waals surface area contributed by atoms with Crippen LogP contribution in [0.2, 0.25) is 36.3 Å². The molecule has 1 aliphatic carbocycles. The number of fused-ring (bicyclic) bond motifs is 3. The van der Waals surface area contributed by atoms with E-state index < -0.39 is 65.1 Å². The van der Waals surface area contributed by atoms with Gasteiger partial charge >= 0.3 is 17.9 Å². The number of nitrogens with zero attached hydrogens (tertiary/aromatic N) is 4. The lowest BCUT2D eigenvalue weighted by molar-refractivity contribution is -0.187. The van der Waals surface area contributed by atoms with Gasteiger partial charge in [0, 0.05) is 32.8 Å².